The summed E-state index contributed by atoms with van der Waals surface area (Å²) in [5.41, 5.74) is 4.62. The standard InChI is InChI=1S/C29H24F2N4O2/c1-15-12-21-22(13-16(15)2)35-25(19-10-5-6-11-20(19)31)23-26(33(3)29(37)34(4)28(23)36)27(35)24(32-21)17-8-7-9-18(30)14-17/h5-14,24,32H,1-4H3/t24-/m1/s1. The van der Waals surface area contributed by atoms with Crippen LogP contribution in [0.1, 0.15) is 28.4 Å². The largest absolute Gasteiger partial charge is 0.371 e. The second-order valence-electron chi connectivity index (χ2n) is 9.56. The Morgan fingerprint density at radius 2 is 1.59 bits per heavy atom. The van der Waals surface area contributed by atoms with Crippen molar-refractivity contribution in [2.75, 3.05) is 5.32 Å². The molecule has 0 radical (unpaired) electrons. The van der Waals surface area contributed by atoms with Gasteiger partial charge in [0.15, 0.2) is 0 Å². The molecule has 1 aliphatic rings. The molecule has 0 spiro atoms. The van der Waals surface area contributed by atoms with Crippen LogP contribution in [0.15, 0.2) is 70.3 Å². The van der Waals surface area contributed by atoms with Gasteiger partial charge in [-0.3, -0.25) is 13.9 Å². The Kier molecular flexibility index (Phi) is 4.98. The van der Waals surface area contributed by atoms with Crippen LogP contribution in [0.25, 0.3) is 27.8 Å². The van der Waals surface area contributed by atoms with Crippen molar-refractivity contribution < 1.29 is 8.78 Å². The fourth-order valence-electron chi connectivity index (χ4n) is 5.37. The second kappa shape index (κ2) is 8.03. The number of nitrogens with zero attached hydrogens (tertiary/aromatic N) is 3. The molecule has 3 heterocycles. The molecule has 0 aliphatic carbocycles. The zero-order chi connectivity index (χ0) is 26.2. The van der Waals surface area contributed by atoms with E-state index in [4.69, 9.17) is 0 Å². The van der Waals surface area contributed by atoms with Gasteiger partial charge in [-0.1, -0.05) is 24.3 Å². The number of halogens is 2. The van der Waals surface area contributed by atoms with Crippen molar-refractivity contribution >= 4 is 16.6 Å². The van der Waals surface area contributed by atoms with Crippen LogP contribution in [0.3, 0.4) is 0 Å². The van der Waals surface area contributed by atoms with Gasteiger partial charge in [0.05, 0.1) is 39.7 Å². The lowest BCUT2D eigenvalue weighted by Crippen LogP contribution is -2.37. The molecule has 0 unspecified atom stereocenters. The highest BCUT2D eigenvalue weighted by Crippen LogP contribution is 2.46. The normalized spacial score (nSPS) is 14.4. The van der Waals surface area contributed by atoms with Crippen molar-refractivity contribution in [3.63, 3.8) is 0 Å². The van der Waals surface area contributed by atoms with Crippen molar-refractivity contribution in [2.24, 2.45) is 14.1 Å². The Labute approximate surface area is 211 Å². The Balaban J connectivity index is 1.90. The number of anilines is 1. The van der Waals surface area contributed by atoms with Gasteiger partial charge in [0.25, 0.3) is 5.56 Å². The summed E-state index contributed by atoms with van der Waals surface area (Å²) in [7, 11) is 3.00. The van der Waals surface area contributed by atoms with Crippen molar-refractivity contribution in [2.45, 2.75) is 19.9 Å². The van der Waals surface area contributed by atoms with Gasteiger partial charge in [0, 0.05) is 19.7 Å². The Morgan fingerprint density at radius 3 is 2.32 bits per heavy atom. The molecule has 186 valence electrons. The topological polar surface area (TPSA) is 61.0 Å². The summed E-state index contributed by atoms with van der Waals surface area (Å²) in [6.07, 6.45) is 0. The van der Waals surface area contributed by atoms with E-state index in [-0.39, 0.29) is 10.9 Å². The van der Waals surface area contributed by atoms with Gasteiger partial charge >= 0.3 is 5.69 Å². The average molecular weight is 499 g/mol. The first-order chi connectivity index (χ1) is 17.7. The summed E-state index contributed by atoms with van der Waals surface area (Å²) in [4.78, 5) is 26.8. The summed E-state index contributed by atoms with van der Waals surface area (Å²) >= 11 is 0. The fourth-order valence-corrected chi connectivity index (χ4v) is 5.37. The van der Waals surface area contributed by atoms with Gasteiger partial charge in [-0.05, 0) is 66.9 Å². The molecular weight excluding hydrogens is 474 g/mol. The summed E-state index contributed by atoms with van der Waals surface area (Å²) < 4.78 is 34.1. The highest BCUT2D eigenvalue weighted by molar-refractivity contribution is 5.99. The minimum absolute atomic E-state index is 0.221. The van der Waals surface area contributed by atoms with Gasteiger partial charge in [-0.2, -0.15) is 0 Å². The third kappa shape index (κ3) is 3.21. The molecule has 1 aliphatic heterocycles. The van der Waals surface area contributed by atoms with E-state index in [1.165, 1.54) is 29.8 Å². The molecule has 37 heavy (non-hydrogen) atoms. The number of hydrogen-bond acceptors (Lipinski definition) is 3. The van der Waals surface area contributed by atoms with E-state index in [0.29, 0.717) is 22.5 Å². The quantitative estimate of drug-likeness (QED) is 0.368. The van der Waals surface area contributed by atoms with Gasteiger partial charge in [0.2, 0.25) is 0 Å². The zero-order valence-electron chi connectivity index (χ0n) is 20.8. The molecule has 0 amide bonds. The minimum atomic E-state index is -0.619. The molecule has 6 nitrogen and oxygen atoms in total. The summed E-state index contributed by atoms with van der Waals surface area (Å²) in [6.45, 7) is 3.97. The van der Waals surface area contributed by atoms with Crippen molar-refractivity contribution in [3.8, 4) is 16.9 Å². The van der Waals surface area contributed by atoms with Crippen LogP contribution in [0.2, 0.25) is 0 Å². The van der Waals surface area contributed by atoms with Crippen LogP contribution in [0.4, 0.5) is 14.5 Å². The number of benzene rings is 3. The van der Waals surface area contributed by atoms with E-state index in [1.807, 2.05) is 30.5 Å². The third-order valence-corrected chi connectivity index (χ3v) is 7.35. The molecule has 6 rings (SSSR count). The lowest BCUT2D eigenvalue weighted by Gasteiger charge is -2.32. The molecule has 0 saturated carbocycles. The predicted molar refractivity (Wildman–Crippen MR) is 140 cm³/mol. The highest BCUT2D eigenvalue weighted by Gasteiger charge is 2.35. The van der Waals surface area contributed by atoms with Crippen LogP contribution in [-0.4, -0.2) is 13.7 Å². The Morgan fingerprint density at radius 1 is 0.865 bits per heavy atom. The van der Waals surface area contributed by atoms with Gasteiger partial charge < -0.3 is 9.88 Å². The monoisotopic (exact) mass is 498 g/mol. The molecule has 0 bridgehead atoms. The Bertz CT molecular complexity index is 1880. The number of hydrogen-bond donors (Lipinski definition) is 1. The van der Waals surface area contributed by atoms with E-state index in [2.05, 4.69) is 5.32 Å². The number of nitrogens with one attached hydrogen (secondary N) is 1. The summed E-state index contributed by atoms with van der Waals surface area (Å²) in [6, 6.07) is 15.8. The van der Waals surface area contributed by atoms with Crippen LogP contribution >= 0.6 is 0 Å². The SMILES string of the molecule is Cc1cc2c(cc1C)-n1c(-c3ccccc3F)c3c(=O)n(C)c(=O)n(C)c3c1[C@@H](c1cccc(F)c1)N2. The lowest BCUT2D eigenvalue weighted by molar-refractivity contribution is 0.623. The first kappa shape index (κ1) is 23.0. The van der Waals surface area contributed by atoms with Crippen molar-refractivity contribution in [3.05, 3.63) is 116 Å². The highest BCUT2D eigenvalue weighted by atomic mass is 19.1. The number of rotatable bonds is 2. The van der Waals surface area contributed by atoms with Gasteiger partial charge in [0.1, 0.15) is 11.6 Å². The zero-order valence-corrected chi connectivity index (χ0v) is 20.8. The molecule has 2 aromatic heterocycles. The molecule has 1 N–H and O–H groups in total. The molecular formula is C29H24F2N4O2. The van der Waals surface area contributed by atoms with Crippen molar-refractivity contribution in [1.82, 2.24) is 13.7 Å². The summed E-state index contributed by atoms with van der Waals surface area (Å²) in [5.74, 6) is -0.904. The van der Waals surface area contributed by atoms with Crippen LogP contribution in [0.5, 0.6) is 0 Å². The molecule has 0 fully saturated rings. The first-order valence-electron chi connectivity index (χ1n) is 11.9. The number of aromatic nitrogens is 3. The maximum Gasteiger partial charge on any atom is 0.331 e. The molecule has 1 atom stereocenters. The average Bonchev–Trinajstić information content (AvgIpc) is 3.23. The smallest absolute Gasteiger partial charge is 0.331 e. The minimum Gasteiger partial charge on any atom is -0.371 e. The molecule has 5 aromatic rings. The van der Waals surface area contributed by atoms with Crippen LogP contribution in [-0.2, 0) is 14.1 Å². The maximum absolute atomic E-state index is 15.4. The fraction of sp³-hybridized carbons (Fsp3) is 0.172. The third-order valence-electron chi connectivity index (χ3n) is 7.35. The van der Waals surface area contributed by atoms with Gasteiger partial charge in [-0.25, -0.2) is 13.6 Å². The maximum atomic E-state index is 15.4. The van der Waals surface area contributed by atoms with E-state index in [1.54, 1.807) is 37.4 Å². The van der Waals surface area contributed by atoms with E-state index in [0.717, 1.165) is 27.1 Å². The first-order valence-corrected chi connectivity index (χ1v) is 11.9. The molecule has 0 saturated heterocycles. The van der Waals surface area contributed by atoms with E-state index in [9.17, 15) is 14.0 Å². The second-order valence-corrected chi connectivity index (χ2v) is 9.56. The summed E-state index contributed by atoms with van der Waals surface area (Å²) in [5, 5.41) is 3.73. The van der Waals surface area contributed by atoms with Crippen LogP contribution in [0, 0.1) is 25.5 Å². The lowest BCUT2D eigenvalue weighted by atomic mass is 9.98. The van der Waals surface area contributed by atoms with E-state index < -0.39 is 28.9 Å². The van der Waals surface area contributed by atoms with Crippen LogP contribution < -0.4 is 16.6 Å². The number of fused-ring (bicyclic) bond motifs is 5. The number of aryl methyl sites for hydroxylation is 3. The molecule has 3 aromatic carbocycles. The van der Waals surface area contributed by atoms with E-state index >= 15 is 4.39 Å². The van der Waals surface area contributed by atoms with Gasteiger partial charge in [-0.15, -0.1) is 0 Å². The molecule has 8 heteroatoms. The Hall–Kier alpha value is -4.46. The van der Waals surface area contributed by atoms with Crippen molar-refractivity contribution in [1.29, 1.82) is 0 Å². The predicted octanol–water partition coefficient (Wildman–Crippen LogP) is 5.10.